The van der Waals surface area contributed by atoms with Gasteiger partial charge in [0.05, 0.1) is 5.69 Å². The molecule has 0 fully saturated rings. The van der Waals surface area contributed by atoms with E-state index in [1.54, 1.807) is 6.20 Å². The second-order valence-electron chi connectivity index (χ2n) is 3.16. The molecule has 1 aromatic heterocycles. The minimum absolute atomic E-state index is 0.0902. The summed E-state index contributed by atoms with van der Waals surface area (Å²) in [5, 5.41) is 0.815. The van der Waals surface area contributed by atoms with Crippen molar-refractivity contribution < 1.29 is 0 Å². The van der Waals surface area contributed by atoms with Gasteiger partial charge in [-0.1, -0.05) is 11.6 Å². The Labute approximate surface area is 76.7 Å². The van der Waals surface area contributed by atoms with E-state index in [0.29, 0.717) is 0 Å². The Kier molecular flexibility index (Phi) is 2.03. The van der Waals surface area contributed by atoms with Gasteiger partial charge in [0.15, 0.2) is 0 Å². The molecule has 2 rings (SSSR count). The maximum atomic E-state index is 6.01. The normalized spacial score (nSPS) is 22.0. The summed E-state index contributed by atoms with van der Waals surface area (Å²) in [6.07, 6.45) is 4.90. The minimum atomic E-state index is 0.0902. The second kappa shape index (κ2) is 3.04. The van der Waals surface area contributed by atoms with E-state index in [1.807, 2.05) is 6.07 Å². The zero-order valence-electron chi connectivity index (χ0n) is 6.76. The van der Waals surface area contributed by atoms with Crippen molar-refractivity contribution in [3.63, 3.8) is 0 Å². The molecule has 1 aliphatic rings. The molecule has 12 heavy (non-hydrogen) atoms. The van der Waals surface area contributed by atoms with Crippen LogP contribution in [0.2, 0.25) is 5.02 Å². The lowest BCUT2D eigenvalue weighted by Crippen LogP contribution is -2.19. The molecule has 1 aromatic rings. The maximum Gasteiger partial charge on any atom is 0.0617 e. The van der Waals surface area contributed by atoms with Crippen LogP contribution in [0.4, 0.5) is 0 Å². The first-order valence-electron chi connectivity index (χ1n) is 4.18. The van der Waals surface area contributed by atoms with Crippen molar-refractivity contribution in [1.29, 1.82) is 0 Å². The van der Waals surface area contributed by atoms with E-state index in [9.17, 15) is 0 Å². The predicted molar refractivity (Wildman–Crippen MR) is 49.1 cm³/mol. The number of hydrogen-bond donors (Lipinski definition) is 1. The van der Waals surface area contributed by atoms with Crippen molar-refractivity contribution >= 4 is 11.6 Å². The van der Waals surface area contributed by atoms with Crippen LogP contribution in [-0.4, -0.2) is 4.98 Å². The van der Waals surface area contributed by atoms with Gasteiger partial charge in [0.25, 0.3) is 0 Å². The lowest BCUT2D eigenvalue weighted by atomic mass is 9.92. The predicted octanol–water partition coefficient (Wildman–Crippen LogP) is 2.07. The molecule has 2 N–H and O–H groups in total. The zero-order chi connectivity index (χ0) is 8.55. The van der Waals surface area contributed by atoms with Crippen molar-refractivity contribution in [3.05, 3.63) is 28.5 Å². The molecule has 0 aromatic carbocycles. The quantitative estimate of drug-likeness (QED) is 0.667. The highest BCUT2D eigenvalue weighted by molar-refractivity contribution is 6.31. The van der Waals surface area contributed by atoms with Gasteiger partial charge in [0, 0.05) is 17.3 Å². The summed E-state index contributed by atoms with van der Waals surface area (Å²) in [5.74, 6) is 0. The fraction of sp³-hybridized carbons (Fsp3) is 0.444. The Bertz CT molecular complexity index is 299. The van der Waals surface area contributed by atoms with E-state index in [-0.39, 0.29) is 6.04 Å². The molecule has 0 bridgehead atoms. The van der Waals surface area contributed by atoms with Crippen molar-refractivity contribution in [3.8, 4) is 0 Å². The highest BCUT2D eigenvalue weighted by Gasteiger charge is 2.19. The first kappa shape index (κ1) is 8.02. The zero-order valence-corrected chi connectivity index (χ0v) is 7.51. The summed E-state index contributed by atoms with van der Waals surface area (Å²) >= 11 is 6.01. The number of nitrogens with zero attached hydrogens (tertiary/aromatic N) is 1. The Balaban J connectivity index is 2.52. The minimum Gasteiger partial charge on any atom is -0.323 e. The van der Waals surface area contributed by atoms with Crippen LogP contribution in [0.25, 0.3) is 0 Å². The first-order valence-corrected chi connectivity index (χ1v) is 4.55. The van der Waals surface area contributed by atoms with Crippen molar-refractivity contribution in [2.75, 3.05) is 0 Å². The highest BCUT2D eigenvalue weighted by atomic mass is 35.5. The van der Waals surface area contributed by atoms with Crippen LogP contribution < -0.4 is 5.73 Å². The monoisotopic (exact) mass is 182 g/mol. The van der Waals surface area contributed by atoms with E-state index in [4.69, 9.17) is 17.3 Å². The van der Waals surface area contributed by atoms with E-state index < -0.39 is 0 Å². The van der Waals surface area contributed by atoms with Crippen LogP contribution in [0.1, 0.15) is 30.1 Å². The van der Waals surface area contributed by atoms with Crippen LogP contribution in [0.15, 0.2) is 12.3 Å². The van der Waals surface area contributed by atoms with E-state index in [0.717, 1.165) is 35.5 Å². The summed E-state index contributed by atoms with van der Waals surface area (Å²) in [6.45, 7) is 0. The summed E-state index contributed by atoms with van der Waals surface area (Å²) in [4.78, 5) is 4.25. The Morgan fingerprint density at radius 1 is 1.58 bits per heavy atom. The number of hydrogen-bond acceptors (Lipinski definition) is 2. The molecule has 1 unspecified atom stereocenters. The van der Waals surface area contributed by atoms with Crippen molar-refractivity contribution in [1.82, 2.24) is 4.98 Å². The maximum absolute atomic E-state index is 6.01. The first-order chi connectivity index (χ1) is 5.79. The Hall–Kier alpha value is -0.600. The van der Waals surface area contributed by atoms with Crippen LogP contribution in [0, 0.1) is 0 Å². The molecule has 0 amide bonds. The van der Waals surface area contributed by atoms with Gasteiger partial charge in [-0.25, -0.2) is 0 Å². The fourth-order valence-electron chi connectivity index (χ4n) is 1.69. The van der Waals surface area contributed by atoms with E-state index in [2.05, 4.69) is 4.98 Å². The molecule has 1 atom stereocenters. The molecule has 64 valence electrons. The van der Waals surface area contributed by atoms with Gasteiger partial charge in [-0.3, -0.25) is 4.98 Å². The molecule has 0 aliphatic heterocycles. The number of fused-ring (bicyclic) bond motifs is 1. The third-order valence-electron chi connectivity index (χ3n) is 2.33. The largest absolute Gasteiger partial charge is 0.323 e. The number of nitrogens with two attached hydrogens (primary N) is 1. The molecule has 2 nitrogen and oxygen atoms in total. The standard InChI is InChI=1S/C9H11ClN2/c10-7-4-5-12-9-6(7)2-1-3-8(9)11/h4-5,8H,1-3,11H2. The van der Waals surface area contributed by atoms with Crippen LogP contribution >= 0.6 is 11.6 Å². The average molecular weight is 183 g/mol. The topological polar surface area (TPSA) is 38.9 Å². The van der Waals surface area contributed by atoms with Gasteiger partial charge in [0.1, 0.15) is 0 Å². The molecule has 1 aliphatic carbocycles. The van der Waals surface area contributed by atoms with Gasteiger partial charge < -0.3 is 5.73 Å². The van der Waals surface area contributed by atoms with Gasteiger partial charge in [0.2, 0.25) is 0 Å². The third-order valence-corrected chi connectivity index (χ3v) is 2.68. The van der Waals surface area contributed by atoms with Gasteiger partial charge in [-0.2, -0.15) is 0 Å². The number of pyridine rings is 1. The lowest BCUT2D eigenvalue weighted by Gasteiger charge is -2.21. The number of halogens is 1. The highest BCUT2D eigenvalue weighted by Crippen LogP contribution is 2.30. The van der Waals surface area contributed by atoms with Crippen molar-refractivity contribution in [2.24, 2.45) is 5.73 Å². The van der Waals surface area contributed by atoms with Gasteiger partial charge in [-0.15, -0.1) is 0 Å². The molecular formula is C9H11ClN2. The van der Waals surface area contributed by atoms with E-state index in [1.165, 1.54) is 0 Å². The molecule has 1 heterocycles. The van der Waals surface area contributed by atoms with Crippen LogP contribution in [0.5, 0.6) is 0 Å². The second-order valence-corrected chi connectivity index (χ2v) is 3.56. The third kappa shape index (κ3) is 1.21. The average Bonchev–Trinajstić information content (AvgIpc) is 2.07. The molecule has 0 spiro atoms. The van der Waals surface area contributed by atoms with Gasteiger partial charge in [-0.05, 0) is 30.9 Å². The van der Waals surface area contributed by atoms with Crippen LogP contribution in [0.3, 0.4) is 0 Å². The Morgan fingerprint density at radius 2 is 2.42 bits per heavy atom. The Morgan fingerprint density at radius 3 is 3.17 bits per heavy atom. The molecule has 3 heteroatoms. The summed E-state index contributed by atoms with van der Waals surface area (Å²) in [7, 11) is 0. The van der Waals surface area contributed by atoms with Gasteiger partial charge >= 0.3 is 0 Å². The summed E-state index contributed by atoms with van der Waals surface area (Å²) in [5.41, 5.74) is 8.04. The molecule has 0 saturated heterocycles. The number of aromatic nitrogens is 1. The molecule has 0 radical (unpaired) electrons. The smallest absolute Gasteiger partial charge is 0.0617 e. The lowest BCUT2D eigenvalue weighted by molar-refractivity contribution is 0.554. The van der Waals surface area contributed by atoms with Crippen molar-refractivity contribution in [2.45, 2.75) is 25.3 Å². The molecular weight excluding hydrogens is 172 g/mol. The van der Waals surface area contributed by atoms with E-state index >= 15 is 0 Å². The number of rotatable bonds is 0. The summed E-state index contributed by atoms with van der Waals surface area (Å²) in [6, 6.07) is 1.92. The van der Waals surface area contributed by atoms with Crippen LogP contribution in [-0.2, 0) is 6.42 Å². The molecule has 0 saturated carbocycles. The SMILES string of the molecule is NC1CCCc2c(Cl)ccnc21. The fourth-order valence-corrected chi connectivity index (χ4v) is 1.93. The summed E-state index contributed by atoms with van der Waals surface area (Å²) < 4.78 is 0.